The standard InChI is InChI=1S/C15H16N4O2S/c1-2-21-11-6-7-12-13(8-11)19-15(18-12)22(20)9-10-4-3-5-14(16)17-10/h3-8H,2,9H2,1H3,(H2,16,17)(H,18,19). The Bertz CT molecular complexity index is 831. The summed E-state index contributed by atoms with van der Waals surface area (Å²) in [6.07, 6.45) is 0. The van der Waals surface area contributed by atoms with Crippen molar-refractivity contribution < 1.29 is 8.95 Å². The number of fused-ring (bicyclic) bond motifs is 1. The number of nitrogens with one attached hydrogen (secondary N) is 1. The van der Waals surface area contributed by atoms with Gasteiger partial charge in [0, 0.05) is 6.07 Å². The van der Waals surface area contributed by atoms with Crippen molar-refractivity contribution in [3.8, 4) is 5.75 Å². The summed E-state index contributed by atoms with van der Waals surface area (Å²) in [5, 5.41) is 0.424. The number of rotatable bonds is 5. The number of aromatic amines is 1. The second-order valence-electron chi connectivity index (χ2n) is 4.70. The number of hydrogen-bond acceptors (Lipinski definition) is 5. The number of benzene rings is 1. The van der Waals surface area contributed by atoms with E-state index in [1.165, 1.54) is 0 Å². The van der Waals surface area contributed by atoms with Crippen LogP contribution in [0, 0.1) is 0 Å². The third-order valence-electron chi connectivity index (χ3n) is 3.07. The largest absolute Gasteiger partial charge is 0.494 e. The lowest BCUT2D eigenvalue weighted by molar-refractivity contribution is 0.340. The number of nitrogens with two attached hydrogens (primary N) is 1. The molecule has 0 aliphatic rings. The van der Waals surface area contributed by atoms with Crippen LogP contribution in [0.1, 0.15) is 12.6 Å². The minimum atomic E-state index is -1.31. The summed E-state index contributed by atoms with van der Waals surface area (Å²) in [5.41, 5.74) is 7.86. The average Bonchev–Trinajstić information content (AvgIpc) is 2.91. The molecule has 0 spiro atoms. The molecule has 0 amide bonds. The fourth-order valence-corrected chi connectivity index (χ4v) is 3.10. The summed E-state index contributed by atoms with van der Waals surface area (Å²) in [4.78, 5) is 11.6. The van der Waals surface area contributed by atoms with Gasteiger partial charge < -0.3 is 15.5 Å². The summed E-state index contributed by atoms with van der Waals surface area (Å²) in [6.45, 7) is 2.52. The minimum Gasteiger partial charge on any atom is -0.494 e. The van der Waals surface area contributed by atoms with Crippen LogP contribution in [0.25, 0.3) is 11.0 Å². The molecule has 22 heavy (non-hydrogen) atoms. The molecular weight excluding hydrogens is 300 g/mol. The number of pyridine rings is 1. The Hall–Kier alpha value is -2.41. The van der Waals surface area contributed by atoms with E-state index in [-0.39, 0.29) is 5.75 Å². The molecule has 114 valence electrons. The van der Waals surface area contributed by atoms with Gasteiger partial charge in [0.1, 0.15) is 11.6 Å². The van der Waals surface area contributed by atoms with Crippen LogP contribution < -0.4 is 10.5 Å². The molecule has 3 rings (SSSR count). The molecule has 1 aromatic carbocycles. The lowest BCUT2D eigenvalue weighted by Crippen LogP contribution is -2.02. The third kappa shape index (κ3) is 3.09. The predicted molar refractivity (Wildman–Crippen MR) is 86.0 cm³/mol. The third-order valence-corrected chi connectivity index (χ3v) is 4.25. The van der Waals surface area contributed by atoms with Crippen molar-refractivity contribution in [2.75, 3.05) is 12.3 Å². The van der Waals surface area contributed by atoms with Crippen molar-refractivity contribution in [3.63, 3.8) is 0 Å². The van der Waals surface area contributed by atoms with E-state index in [1.54, 1.807) is 18.2 Å². The van der Waals surface area contributed by atoms with Gasteiger partial charge in [0.05, 0.1) is 39.9 Å². The first-order valence-electron chi connectivity index (χ1n) is 6.88. The van der Waals surface area contributed by atoms with Crippen molar-refractivity contribution in [1.82, 2.24) is 15.0 Å². The highest BCUT2D eigenvalue weighted by Crippen LogP contribution is 2.21. The van der Waals surface area contributed by atoms with E-state index in [2.05, 4.69) is 15.0 Å². The van der Waals surface area contributed by atoms with Gasteiger partial charge in [-0.25, -0.2) is 9.97 Å². The van der Waals surface area contributed by atoms with Crippen LogP contribution in [-0.4, -0.2) is 25.8 Å². The number of H-pyrrole nitrogens is 1. The van der Waals surface area contributed by atoms with Crippen LogP contribution in [-0.2, 0) is 16.6 Å². The maximum absolute atomic E-state index is 12.4. The Morgan fingerprint density at radius 3 is 2.91 bits per heavy atom. The van der Waals surface area contributed by atoms with Crippen molar-refractivity contribution >= 4 is 27.7 Å². The molecule has 3 aromatic rings. The molecule has 2 heterocycles. The van der Waals surface area contributed by atoms with E-state index in [1.807, 2.05) is 25.1 Å². The monoisotopic (exact) mass is 316 g/mol. The van der Waals surface area contributed by atoms with E-state index >= 15 is 0 Å². The highest BCUT2D eigenvalue weighted by molar-refractivity contribution is 7.84. The zero-order chi connectivity index (χ0) is 15.5. The van der Waals surface area contributed by atoms with Crippen LogP contribution >= 0.6 is 0 Å². The number of hydrogen-bond donors (Lipinski definition) is 2. The van der Waals surface area contributed by atoms with Crippen molar-refractivity contribution in [2.24, 2.45) is 0 Å². The van der Waals surface area contributed by atoms with E-state index in [0.717, 1.165) is 16.8 Å². The molecule has 1 atom stereocenters. The van der Waals surface area contributed by atoms with E-state index in [9.17, 15) is 4.21 Å². The zero-order valence-electron chi connectivity index (χ0n) is 12.1. The summed E-state index contributed by atoms with van der Waals surface area (Å²) in [7, 11) is -1.31. The van der Waals surface area contributed by atoms with Gasteiger partial charge in [0.25, 0.3) is 0 Å². The molecule has 2 aromatic heterocycles. The van der Waals surface area contributed by atoms with Gasteiger partial charge in [-0.1, -0.05) is 6.07 Å². The molecule has 0 saturated carbocycles. The molecule has 0 aliphatic carbocycles. The molecule has 0 fully saturated rings. The Morgan fingerprint density at radius 1 is 1.27 bits per heavy atom. The fraction of sp³-hybridized carbons (Fsp3) is 0.200. The van der Waals surface area contributed by atoms with Crippen LogP contribution in [0.2, 0.25) is 0 Å². The zero-order valence-corrected chi connectivity index (χ0v) is 12.9. The van der Waals surface area contributed by atoms with Gasteiger partial charge >= 0.3 is 0 Å². The molecule has 7 heteroatoms. The van der Waals surface area contributed by atoms with Crippen LogP contribution in [0.3, 0.4) is 0 Å². The van der Waals surface area contributed by atoms with Crippen molar-refractivity contribution in [3.05, 3.63) is 42.1 Å². The molecule has 1 unspecified atom stereocenters. The maximum atomic E-state index is 12.4. The number of imidazole rings is 1. The SMILES string of the molecule is CCOc1ccc2nc(S(=O)Cc3cccc(N)n3)[nH]c2c1. The van der Waals surface area contributed by atoms with E-state index in [0.29, 0.717) is 23.3 Å². The molecule has 0 aliphatic heterocycles. The molecule has 3 N–H and O–H groups in total. The van der Waals surface area contributed by atoms with Gasteiger partial charge in [-0.2, -0.15) is 0 Å². The van der Waals surface area contributed by atoms with Gasteiger partial charge in [0.15, 0.2) is 5.16 Å². The molecule has 6 nitrogen and oxygen atoms in total. The summed E-state index contributed by atoms with van der Waals surface area (Å²) in [6, 6.07) is 10.8. The lowest BCUT2D eigenvalue weighted by Gasteiger charge is -2.01. The normalized spacial score (nSPS) is 12.4. The fourth-order valence-electron chi connectivity index (χ4n) is 2.11. The summed E-state index contributed by atoms with van der Waals surface area (Å²) >= 11 is 0. The Kier molecular flexibility index (Phi) is 4.06. The second kappa shape index (κ2) is 6.15. The lowest BCUT2D eigenvalue weighted by atomic mass is 10.3. The highest BCUT2D eigenvalue weighted by Gasteiger charge is 2.12. The number of aromatic nitrogens is 3. The van der Waals surface area contributed by atoms with Crippen molar-refractivity contribution in [2.45, 2.75) is 17.8 Å². The molecule has 0 bridgehead atoms. The first kappa shape index (κ1) is 14.5. The van der Waals surface area contributed by atoms with E-state index in [4.69, 9.17) is 10.5 Å². The highest BCUT2D eigenvalue weighted by atomic mass is 32.2. The Morgan fingerprint density at radius 2 is 2.14 bits per heavy atom. The van der Waals surface area contributed by atoms with Gasteiger partial charge in [0.2, 0.25) is 0 Å². The minimum absolute atomic E-state index is 0.267. The number of nitrogens with zero attached hydrogens (tertiary/aromatic N) is 2. The van der Waals surface area contributed by atoms with Gasteiger partial charge in [-0.05, 0) is 31.2 Å². The van der Waals surface area contributed by atoms with Crippen molar-refractivity contribution in [1.29, 1.82) is 0 Å². The average molecular weight is 316 g/mol. The van der Waals surface area contributed by atoms with E-state index < -0.39 is 10.8 Å². The number of ether oxygens (including phenoxy) is 1. The van der Waals surface area contributed by atoms with Crippen LogP contribution in [0.15, 0.2) is 41.6 Å². The first-order valence-corrected chi connectivity index (χ1v) is 8.20. The molecule has 0 saturated heterocycles. The summed E-state index contributed by atoms with van der Waals surface area (Å²) < 4.78 is 17.9. The first-order chi connectivity index (χ1) is 10.7. The predicted octanol–water partition coefficient (Wildman–Crippen LogP) is 2.25. The smallest absolute Gasteiger partial charge is 0.197 e. The number of anilines is 1. The number of nitrogen functional groups attached to an aromatic ring is 1. The van der Waals surface area contributed by atoms with Crippen LogP contribution in [0.5, 0.6) is 5.75 Å². The quantitative estimate of drug-likeness (QED) is 0.753. The molecular formula is C15H16N4O2S. The Balaban J connectivity index is 1.84. The van der Waals surface area contributed by atoms with Gasteiger partial charge in [-0.3, -0.25) is 4.21 Å². The maximum Gasteiger partial charge on any atom is 0.197 e. The van der Waals surface area contributed by atoms with Gasteiger partial charge in [-0.15, -0.1) is 0 Å². The van der Waals surface area contributed by atoms with Crippen LogP contribution in [0.4, 0.5) is 5.82 Å². The Labute approximate surface area is 130 Å². The topological polar surface area (TPSA) is 93.9 Å². The second-order valence-corrected chi connectivity index (χ2v) is 6.06. The molecule has 0 radical (unpaired) electrons. The summed E-state index contributed by atoms with van der Waals surface area (Å²) in [5.74, 6) is 1.44.